The Labute approximate surface area is 152 Å². The Morgan fingerprint density at radius 1 is 1.08 bits per heavy atom. The van der Waals surface area contributed by atoms with E-state index in [-0.39, 0.29) is 0 Å². The highest BCUT2D eigenvalue weighted by Crippen LogP contribution is 2.19. The van der Waals surface area contributed by atoms with Crippen molar-refractivity contribution in [2.45, 2.75) is 26.7 Å². The number of anilines is 1. The minimum Gasteiger partial charge on any atom is -0.317 e. The van der Waals surface area contributed by atoms with Crippen molar-refractivity contribution in [1.29, 1.82) is 0 Å². The average molecular weight is 358 g/mol. The van der Waals surface area contributed by atoms with E-state index < -0.39 is 11.8 Å². The number of nitrogens with zero attached hydrogens (tertiary/aromatic N) is 1. The summed E-state index contributed by atoms with van der Waals surface area (Å²) in [5.41, 5.74) is 5.52. The summed E-state index contributed by atoms with van der Waals surface area (Å²) < 4.78 is 0. The zero-order chi connectivity index (χ0) is 18.2. The number of carbonyl (C=O) groups is 2. The van der Waals surface area contributed by atoms with E-state index in [0.29, 0.717) is 17.1 Å². The molecule has 130 valence electrons. The average Bonchev–Trinajstić information content (AvgIpc) is 2.61. The van der Waals surface area contributed by atoms with Crippen molar-refractivity contribution in [2.24, 2.45) is 5.10 Å². The highest BCUT2D eigenvalue weighted by Gasteiger charge is 2.14. The zero-order valence-corrected chi connectivity index (χ0v) is 14.9. The van der Waals surface area contributed by atoms with Crippen LogP contribution in [-0.2, 0) is 16.0 Å². The molecule has 0 saturated carbocycles. The molecule has 2 N–H and O–H groups in total. The second-order valence-electron chi connectivity index (χ2n) is 5.69. The number of halogens is 1. The van der Waals surface area contributed by atoms with Gasteiger partial charge >= 0.3 is 11.8 Å². The molecule has 0 heterocycles. The highest BCUT2D eigenvalue weighted by molar-refractivity contribution is 6.40. The largest absolute Gasteiger partial charge is 0.329 e. The number of hydrogen-bond donors (Lipinski definition) is 2. The zero-order valence-electron chi connectivity index (χ0n) is 14.2. The summed E-state index contributed by atoms with van der Waals surface area (Å²) in [6, 6.07) is 15.1. The summed E-state index contributed by atoms with van der Waals surface area (Å²) in [6.45, 7) is 3.62. The first-order valence-corrected chi connectivity index (χ1v) is 8.28. The van der Waals surface area contributed by atoms with Gasteiger partial charge in [0.25, 0.3) is 0 Å². The topological polar surface area (TPSA) is 70.6 Å². The third kappa shape index (κ3) is 6.04. The lowest BCUT2D eigenvalue weighted by Crippen LogP contribution is -2.33. The normalized spacial score (nSPS) is 11.1. The molecule has 2 amide bonds. The van der Waals surface area contributed by atoms with Crippen LogP contribution in [0.2, 0.25) is 5.02 Å². The van der Waals surface area contributed by atoms with Crippen molar-refractivity contribution >= 4 is 34.8 Å². The molecule has 2 rings (SSSR count). The summed E-state index contributed by atoms with van der Waals surface area (Å²) in [7, 11) is 0. The fourth-order valence-corrected chi connectivity index (χ4v) is 2.30. The molecular formula is C19H20ClN3O2. The van der Waals surface area contributed by atoms with Gasteiger partial charge in [0, 0.05) is 16.4 Å². The lowest BCUT2D eigenvalue weighted by atomic mass is 10.1. The quantitative estimate of drug-likeness (QED) is 0.486. The van der Waals surface area contributed by atoms with Crippen LogP contribution in [0.25, 0.3) is 0 Å². The summed E-state index contributed by atoms with van der Waals surface area (Å²) in [5, 5.41) is 6.98. The van der Waals surface area contributed by atoms with Gasteiger partial charge in [-0.25, -0.2) is 5.43 Å². The maximum Gasteiger partial charge on any atom is 0.329 e. The van der Waals surface area contributed by atoms with Crippen molar-refractivity contribution in [3.8, 4) is 0 Å². The molecule has 5 nitrogen and oxygen atoms in total. The predicted molar refractivity (Wildman–Crippen MR) is 101 cm³/mol. The molecule has 2 aromatic rings. The molecule has 0 aliphatic rings. The van der Waals surface area contributed by atoms with Gasteiger partial charge < -0.3 is 5.32 Å². The maximum atomic E-state index is 11.9. The number of nitrogens with one attached hydrogen (secondary N) is 2. The number of hydrogen-bond acceptors (Lipinski definition) is 3. The summed E-state index contributed by atoms with van der Waals surface area (Å²) in [6.07, 6.45) is 1.51. The Morgan fingerprint density at radius 2 is 1.80 bits per heavy atom. The van der Waals surface area contributed by atoms with E-state index in [4.69, 9.17) is 11.6 Å². The van der Waals surface area contributed by atoms with E-state index in [1.54, 1.807) is 18.2 Å². The Kier molecular flexibility index (Phi) is 6.71. The van der Waals surface area contributed by atoms with Crippen LogP contribution in [0, 0.1) is 6.92 Å². The number of hydrazone groups is 1. The van der Waals surface area contributed by atoms with E-state index >= 15 is 0 Å². The molecule has 6 heteroatoms. The molecule has 0 saturated heterocycles. The van der Waals surface area contributed by atoms with Crippen LogP contribution in [-0.4, -0.2) is 17.5 Å². The molecule has 0 atom stereocenters. The minimum absolute atomic E-state index is 0.482. The number of aryl methyl sites for hydroxylation is 2. The molecule has 0 spiro atoms. The SMILES string of the molecule is C/C(CCc1ccccc1)=N\NC(=O)C(=O)Nc1cc(Cl)ccc1C. The van der Waals surface area contributed by atoms with Crippen molar-refractivity contribution in [1.82, 2.24) is 5.43 Å². The van der Waals surface area contributed by atoms with Gasteiger partial charge in [-0.2, -0.15) is 5.10 Å². The number of amides is 2. The van der Waals surface area contributed by atoms with Gasteiger partial charge in [0.05, 0.1) is 0 Å². The first-order chi connectivity index (χ1) is 12.0. The number of rotatable bonds is 5. The van der Waals surface area contributed by atoms with Gasteiger partial charge in [0.2, 0.25) is 0 Å². The second-order valence-corrected chi connectivity index (χ2v) is 6.12. The predicted octanol–water partition coefficient (Wildman–Crippen LogP) is 3.71. The van der Waals surface area contributed by atoms with Crippen LogP contribution in [0.15, 0.2) is 53.6 Å². The first kappa shape index (κ1) is 18.7. The molecule has 0 radical (unpaired) electrons. The third-order valence-corrected chi connectivity index (χ3v) is 3.86. The minimum atomic E-state index is -0.821. The molecular weight excluding hydrogens is 338 g/mol. The molecule has 0 fully saturated rings. The van der Waals surface area contributed by atoms with Gasteiger partial charge in [-0.3, -0.25) is 9.59 Å². The third-order valence-electron chi connectivity index (χ3n) is 3.62. The van der Waals surface area contributed by atoms with Gasteiger partial charge in [-0.15, -0.1) is 0 Å². The Bertz CT molecular complexity index is 789. The number of benzene rings is 2. The monoisotopic (exact) mass is 357 g/mol. The van der Waals surface area contributed by atoms with Crippen LogP contribution in [0.3, 0.4) is 0 Å². The maximum absolute atomic E-state index is 11.9. The van der Waals surface area contributed by atoms with Crippen molar-refractivity contribution in [3.05, 3.63) is 64.7 Å². The van der Waals surface area contributed by atoms with Crippen LogP contribution in [0.1, 0.15) is 24.5 Å². The van der Waals surface area contributed by atoms with Crippen LogP contribution in [0.5, 0.6) is 0 Å². The van der Waals surface area contributed by atoms with E-state index in [1.807, 2.05) is 44.2 Å². The standard InChI is InChI=1S/C19H20ClN3O2/c1-13-8-11-16(20)12-17(13)21-18(24)19(25)23-22-14(2)9-10-15-6-4-3-5-7-15/h3-8,11-12H,9-10H2,1-2H3,(H,21,24)(H,23,25)/b22-14+. The summed E-state index contributed by atoms with van der Waals surface area (Å²) in [5.74, 6) is -1.61. The molecule has 0 aliphatic heterocycles. The molecule has 0 bridgehead atoms. The fourth-order valence-electron chi connectivity index (χ4n) is 2.13. The molecule has 0 unspecified atom stereocenters. The lowest BCUT2D eigenvalue weighted by Gasteiger charge is -2.08. The van der Waals surface area contributed by atoms with Crippen molar-refractivity contribution in [3.63, 3.8) is 0 Å². The van der Waals surface area contributed by atoms with E-state index in [9.17, 15) is 9.59 Å². The van der Waals surface area contributed by atoms with Crippen molar-refractivity contribution in [2.75, 3.05) is 5.32 Å². The summed E-state index contributed by atoms with van der Waals surface area (Å²) in [4.78, 5) is 23.8. The second kappa shape index (κ2) is 8.99. The Balaban J connectivity index is 1.85. The van der Waals surface area contributed by atoms with Crippen LogP contribution in [0.4, 0.5) is 5.69 Å². The van der Waals surface area contributed by atoms with Gasteiger partial charge in [0.1, 0.15) is 0 Å². The molecule has 0 aromatic heterocycles. The van der Waals surface area contributed by atoms with Crippen LogP contribution < -0.4 is 10.7 Å². The molecule has 0 aliphatic carbocycles. The van der Waals surface area contributed by atoms with Gasteiger partial charge in [0.15, 0.2) is 0 Å². The van der Waals surface area contributed by atoms with Crippen molar-refractivity contribution < 1.29 is 9.59 Å². The molecule has 2 aromatic carbocycles. The number of carbonyl (C=O) groups excluding carboxylic acids is 2. The van der Waals surface area contributed by atoms with Gasteiger partial charge in [-0.1, -0.05) is 48.0 Å². The van der Waals surface area contributed by atoms with E-state index in [2.05, 4.69) is 15.8 Å². The first-order valence-electron chi connectivity index (χ1n) is 7.90. The van der Waals surface area contributed by atoms with Crippen LogP contribution >= 0.6 is 11.6 Å². The lowest BCUT2D eigenvalue weighted by molar-refractivity contribution is -0.136. The highest BCUT2D eigenvalue weighted by atomic mass is 35.5. The molecule has 25 heavy (non-hydrogen) atoms. The Morgan fingerprint density at radius 3 is 2.52 bits per heavy atom. The van der Waals surface area contributed by atoms with Gasteiger partial charge in [-0.05, 0) is 49.9 Å². The Hall–Kier alpha value is -2.66. The van der Waals surface area contributed by atoms with E-state index in [0.717, 1.165) is 17.7 Å². The summed E-state index contributed by atoms with van der Waals surface area (Å²) >= 11 is 5.89. The smallest absolute Gasteiger partial charge is 0.317 e. The fraction of sp³-hybridized carbons (Fsp3) is 0.211. The van der Waals surface area contributed by atoms with E-state index in [1.165, 1.54) is 5.56 Å².